The minimum Gasteiger partial charge on any atom is -0.276 e. The van der Waals surface area contributed by atoms with E-state index in [0.717, 1.165) is 38.8 Å². The summed E-state index contributed by atoms with van der Waals surface area (Å²) >= 11 is 0. The van der Waals surface area contributed by atoms with E-state index in [1.54, 1.807) is 6.07 Å². The highest BCUT2D eigenvalue weighted by Gasteiger charge is 2.19. The molecular formula is C28H15N7. The Bertz CT molecular complexity index is 2090. The lowest BCUT2D eigenvalue weighted by Crippen LogP contribution is -2.02. The largest absolute Gasteiger partial charge is 0.276 e. The molecule has 0 fully saturated rings. The van der Waals surface area contributed by atoms with Gasteiger partial charge in [-0.25, -0.2) is 14.5 Å². The van der Waals surface area contributed by atoms with Crippen LogP contribution in [-0.2, 0) is 0 Å². The fourth-order valence-corrected chi connectivity index (χ4v) is 4.80. The summed E-state index contributed by atoms with van der Waals surface area (Å²) in [6.45, 7) is 0. The molecule has 35 heavy (non-hydrogen) atoms. The lowest BCUT2D eigenvalue weighted by molar-refractivity contribution is 1.03. The first-order valence-corrected chi connectivity index (χ1v) is 11.1. The molecule has 3 heterocycles. The van der Waals surface area contributed by atoms with Gasteiger partial charge in [0.2, 0.25) is 11.6 Å². The van der Waals surface area contributed by atoms with Crippen molar-refractivity contribution in [2.45, 2.75) is 0 Å². The van der Waals surface area contributed by atoms with E-state index >= 15 is 0 Å². The first-order chi connectivity index (χ1) is 17.3. The van der Waals surface area contributed by atoms with Gasteiger partial charge in [-0.05, 0) is 60.7 Å². The summed E-state index contributed by atoms with van der Waals surface area (Å²) in [5.41, 5.74) is 7.09. The molecule has 0 bridgehead atoms. The van der Waals surface area contributed by atoms with Gasteiger partial charge in [0.1, 0.15) is 0 Å². The quantitative estimate of drug-likeness (QED) is 0.329. The summed E-state index contributed by atoms with van der Waals surface area (Å²) in [4.78, 5) is 10.0. The van der Waals surface area contributed by atoms with Crippen LogP contribution in [0.1, 0.15) is 11.1 Å². The van der Waals surface area contributed by atoms with Crippen molar-refractivity contribution in [1.29, 1.82) is 10.5 Å². The van der Waals surface area contributed by atoms with E-state index < -0.39 is 0 Å². The second kappa shape index (κ2) is 7.05. The SMILES string of the molecule is N#Cc1cccc(-n2c3nc4ccccc4n3c3ccc(C#N)cc3n3c4ccccc4nc23)c1. The molecule has 0 aliphatic heterocycles. The van der Waals surface area contributed by atoms with E-state index in [1.165, 1.54) is 0 Å². The molecule has 4 aromatic carbocycles. The minimum absolute atomic E-state index is 0.543. The molecule has 0 aliphatic carbocycles. The lowest BCUT2D eigenvalue weighted by Gasteiger charge is -2.07. The molecule has 7 heteroatoms. The zero-order valence-corrected chi connectivity index (χ0v) is 18.3. The van der Waals surface area contributed by atoms with Crippen molar-refractivity contribution in [2.75, 3.05) is 0 Å². The number of nitriles is 2. The second-order valence-corrected chi connectivity index (χ2v) is 8.28. The Morgan fingerprint density at radius 1 is 0.543 bits per heavy atom. The molecule has 7 aromatic rings. The zero-order chi connectivity index (χ0) is 23.5. The summed E-state index contributed by atoms with van der Waals surface area (Å²) in [6, 6.07) is 33.5. The van der Waals surface area contributed by atoms with Gasteiger partial charge < -0.3 is 0 Å². The fourth-order valence-electron chi connectivity index (χ4n) is 4.80. The van der Waals surface area contributed by atoms with Crippen LogP contribution < -0.4 is 0 Å². The number of nitrogens with zero attached hydrogens (tertiary/aromatic N) is 7. The molecule has 7 rings (SSSR count). The third kappa shape index (κ3) is 2.64. The third-order valence-electron chi connectivity index (χ3n) is 6.31. The smallest absolute Gasteiger partial charge is 0.223 e. The molecule has 0 radical (unpaired) electrons. The van der Waals surface area contributed by atoms with Crippen LogP contribution in [0.4, 0.5) is 0 Å². The first-order valence-electron chi connectivity index (χ1n) is 11.1. The van der Waals surface area contributed by atoms with Gasteiger partial charge in [-0.1, -0.05) is 30.3 Å². The minimum atomic E-state index is 0.543. The highest BCUT2D eigenvalue weighted by atomic mass is 15.3. The molecule has 0 saturated heterocycles. The maximum absolute atomic E-state index is 9.70. The predicted octanol–water partition coefficient (Wildman–Crippen LogP) is 5.54. The van der Waals surface area contributed by atoms with E-state index in [4.69, 9.17) is 9.97 Å². The van der Waals surface area contributed by atoms with E-state index in [1.807, 2.05) is 89.5 Å². The molecule has 0 spiro atoms. The van der Waals surface area contributed by atoms with Crippen LogP contribution in [0.5, 0.6) is 0 Å². The lowest BCUT2D eigenvalue weighted by atomic mass is 10.2. The molecule has 0 unspecified atom stereocenters. The number of aromatic nitrogens is 5. The van der Waals surface area contributed by atoms with Gasteiger partial charge in [0, 0.05) is 0 Å². The van der Waals surface area contributed by atoms with Gasteiger partial charge in [-0.3, -0.25) is 8.80 Å². The summed E-state index contributed by atoms with van der Waals surface area (Å²) in [7, 11) is 0. The predicted molar refractivity (Wildman–Crippen MR) is 134 cm³/mol. The van der Waals surface area contributed by atoms with Gasteiger partial charge in [0.15, 0.2) is 0 Å². The van der Waals surface area contributed by atoms with E-state index in [-0.39, 0.29) is 0 Å². The number of rotatable bonds is 1. The van der Waals surface area contributed by atoms with Gasteiger partial charge in [-0.15, -0.1) is 0 Å². The van der Waals surface area contributed by atoms with Crippen LogP contribution in [0.3, 0.4) is 0 Å². The number of fused-ring (bicyclic) bond motifs is 9. The monoisotopic (exact) mass is 449 g/mol. The van der Waals surface area contributed by atoms with Gasteiger partial charge in [-0.2, -0.15) is 10.5 Å². The molecule has 3 aromatic heterocycles. The molecule has 0 atom stereocenters. The summed E-state index contributed by atoms with van der Waals surface area (Å²) in [6.07, 6.45) is 0. The number of hydrogen-bond donors (Lipinski definition) is 0. The molecule has 0 saturated carbocycles. The molecule has 0 amide bonds. The average Bonchev–Trinajstić information content (AvgIpc) is 3.44. The van der Waals surface area contributed by atoms with Crippen LogP contribution in [-0.4, -0.2) is 23.3 Å². The first kappa shape index (κ1) is 19.1. The standard InChI is InChI=1S/C28H15N7/c29-16-18-6-5-7-20(14-18)33-27-31-21-8-1-3-10-23(21)34(27)25-13-12-19(17-30)15-26(25)35-24-11-4-2-9-22(24)32-28(33)35/h1-15H. The highest BCUT2D eigenvalue weighted by Crippen LogP contribution is 2.29. The molecule has 0 N–H and O–H groups in total. The van der Waals surface area contributed by atoms with E-state index in [0.29, 0.717) is 22.7 Å². The summed E-state index contributed by atoms with van der Waals surface area (Å²) in [5.74, 6) is 1.29. The Kier molecular flexibility index (Phi) is 3.85. The van der Waals surface area contributed by atoms with Crippen molar-refractivity contribution in [1.82, 2.24) is 23.3 Å². The van der Waals surface area contributed by atoms with Crippen molar-refractivity contribution in [3.05, 3.63) is 102 Å². The van der Waals surface area contributed by atoms with Crippen molar-refractivity contribution < 1.29 is 0 Å². The Balaban J connectivity index is 1.88. The molecular weight excluding hydrogens is 434 g/mol. The van der Waals surface area contributed by atoms with Crippen LogP contribution in [0.15, 0.2) is 91.0 Å². The van der Waals surface area contributed by atoms with Gasteiger partial charge >= 0.3 is 0 Å². The molecule has 162 valence electrons. The van der Waals surface area contributed by atoms with Gasteiger partial charge in [0.25, 0.3) is 0 Å². The Morgan fingerprint density at radius 2 is 1.14 bits per heavy atom. The van der Waals surface area contributed by atoms with Crippen LogP contribution in [0, 0.1) is 22.7 Å². The maximum Gasteiger partial charge on any atom is 0.223 e. The molecule has 0 aliphatic rings. The van der Waals surface area contributed by atoms with Crippen LogP contribution in [0.25, 0.3) is 50.3 Å². The second-order valence-electron chi connectivity index (χ2n) is 8.28. The van der Waals surface area contributed by atoms with Crippen molar-refractivity contribution >= 4 is 44.7 Å². The maximum atomic E-state index is 9.70. The van der Waals surface area contributed by atoms with Crippen molar-refractivity contribution in [3.8, 4) is 17.8 Å². The topological polar surface area (TPSA) is 87.1 Å². The van der Waals surface area contributed by atoms with E-state index in [2.05, 4.69) is 20.9 Å². The number of hydrogen-bond acceptors (Lipinski definition) is 4. The summed E-state index contributed by atoms with van der Waals surface area (Å²) in [5, 5.41) is 19.3. The van der Waals surface area contributed by atoms with Crippen molar-refractivity contribution in [2.24, 2.45) is 0 Å². The Morgan fingerprint density at radius 3 is 1.80 bits per heavy atom. The fraction of sp³-hybridized carbons (Fsp3) is 0. The highest BCUT2D eigenvalue weighted by molar-refractivity contribution is 5.93. The zero-order valence-electron chi connectivity index (χ0n) is 18.3. The number of para-hydroxylation sites is 4. The van der Waals surface area contributed by atoms with Crippen molar-refractivity contribution in [3.63, 3.8) is 0 Å². The average molecular weight is 449 g/mol. The van der Waals surface area contributed by atoms with Crippen LogP contribution in [0.2, 0.25) is 0 Å². The number of imidazole rings is 2. The van der Waals surface area contributed by atoms with Crippen LogP contribution >= 0.6 is 0 Å². The number of benzene rings is 4. The third-order valence-corrected chi connectivity index (χ3v) is 6.31. The Hall–Kier alpha value is -5.40. The normalized spacial score (nSPS) is 11.4. The summed E-state index contributed by atoms with van der Waals surface area (Å²) < 4.78 is 6.13. The van der Waals surface area contributed by atoms with Gasteiger partial charge in [0.05, 0.1) is 62.1 Å². The Labute approximate surface area is 198 Å². The molecule has 7 nitrogen and oxygen atoms in total. The van der Waals surface area contributed by atoms with E-state index in [9.17, 15) is 10.5 Å².